The number of amides is 1. The van der Waals surface area contributed by atoms with Crippen LogP contribution in [0.2, 0.25) is 5.02 Å². The van der Waals surface area contributed by atoms with Crippen molar-refractivity contribution in [2.45, 2.75) is 13.8 Å². The number of aromatic nitrogens is 2. The summed E-state index contributed by atoms with van der Waals surface area (Å²) >= 11 is 6.06. The normalized spacial score (nSPS) is 10.8. The number of fused-ring (bicyclic) bond motifs is 1. The van der Waals surface area contributed by atoms with E-state index in [1.165, 1.54) is 4.68 Å². The Morgan fingerprint density at radius 1 is 1.19 bits per heavy atom. The molecule has 5 heteroatoms. The van der Waals surface area contributed by atoms with Crippen LogP contribution in [-0.4, -0.2) is 15.8 Å². The molecule has 0 aliphatic rings. The minimum Gasteiger partial charge on any atom is -0.306 e. The average molecular weight is 300 g/mol. The molecule has 0 saturated heterocycles. The molecule has 2 aromatic carbocycles. The number of nitrogens with zero attached hydrogens (tertiary/aromatic N) is 2. The van der Waals surface area contributed by atoms with Gasteiger partial charge in [-0.05, 0) is 43.2 Å². The molecular formula is C16H14ClN3O. The van der Waals surface area contributed by atoms with E-state index < -0.39 is 0 Å². The summed E-state index contributed by atoms with van der Waals surface area (Å²) in [5.74, 6) is 0. The third-order valence-electron chi connectivity index (χ3n) is 3.34. The smallest absolute Gasteiger partial charge is 0.306 e. The summed E-state index contributed by atoms with van der Waals surface area (Å²) in [5.41, 5.74) is 3.47. The Balaban J connectivity index is 1.93. The van der Waals surface area contributed by atoms with Crippen LogP contribution >= 0.6 is 11.6 Å². The molecule has 3 rings (SSSR count). The van der Waals surface area contributed by atoms with E-state index in [1.807, 2.05) is 44.2 Å². The predicted molar refractivity (Wildman–Crippen MR) is 85.1 cm³/mol. The van der Waals surface area contributed by atoms with E-state index >= 15 is 0 Å². The summed E-state index contributed by atoms with van der Waals surface area (Å²) in [6, 6.07) is 11.0. The highest BCUT2D eigenvalue weighted by atomic mass is 35.5. The Hall–Kier alpha value is -2.33. The lowest BCUT2D eigenvalue weighted by Gasteiger charge is -2.07. The van der Waals surface area contributed by atoms with Crippen LogP contribution in [0.3, 0.4) is 0 Å². The topological polar surface area (TPSA) is 46.9 Å². The van der Waals surface area contributed by atoms with Gasteiger partial charge in [0.15, 0.2) is 0 Å². The van der Waals surface area contributed by atoms with Gasteiger partial charge >= 0.3 is 6.03 Å². The number of halogens is 1. The van der Waals surface area contributed by atoms with Gasteiger partial charge in [-0.3, -0.25) is 0 Å². The summed E-state index contributed by atoms with van der Waals surface area (Å²) < 4.78 is 1.36. The molecule has 0 radical (unpaired) electrons. The van der Waals surface area contributed by atoms with Crippen LogP contribution in [0.5, 0.6) is 0 Å². The Kier molecular flexibility index (Phi) is 3.39. The molecule has 0 saturated carbocycles. The highest BCUT2D eigenvalue weighted by molar-refractivity contribution is 6.31. The fourth-order valence-electron chi connectivity index (χ4n) is 2.14. The van der Waals surface area contributed by atoms with Crippen molar-refractivity contribution in [3.63, 3.8) is 0 Å². The molecule has 0 spiro atoms. The molecule has 0 aliphatic carbocycles. The quantitative estimate of drug-likeness (QED) is 0.724. The van der Waals surface area contributed by atoms with Crippen LogP contribution < -0.4 is 5.32 Å². The summed E-state index contributed by atoms with van der Waals surface area (Å²) in [4.78, 5) is 12.3. The van der Waals surface area contributed by atoms with Gasteiger partial charge < -0.3 is 5.32 Å². The first-order valence-electron chi connectivity index (χ1n) is 6.56. The lowest BCUT2D eigenvalue weighted by atomic mass is 10.2. The molecule has 0 fully saturated rings. The zero-order valence-corrected chi connectivity index (χ0v) is 12.5. The molecule has 21 heavy (non-hydrogen) atoms. The fraction of sp³-hybridized carbons (Fsp3) is 0.125. The Morgan fingerprint density at radius 2 is 2.00 bits per heavy atom. The summed E-state index contributed by atoms with van der Waals surface area (Å²) in [7, 11) is 0. The number of carbonyl (C=O) groups is 1. The van der Waals surface area contributed by atoms with Crippen LogP contribution in [0, 0.1) is 13.8 Å². The zero-order chi connectivity index (χ0) is 15.0. The van der Waals surface area contributed by atoms with Crippen LogP contribution in [0.25, 0.3) is 10.9 Å². The molecule has 1 amide bonds. The maximum absolute atomic E-state index is 12.3. The SMILES string of the molecule is Cc1ccc2cnn(C(=O)Nc3ccc(C)c(Cl)c3)c2c1. The van der Waals surface area contributed by atoms with Gasteiger partial charge in [0.25, 0.3) is 0 Å². The maximum atomic E-state index is 12.3. The molecule has 0 unspecified atom stereocenters. The molecule has 106 valence electrons. The Morgan fingerprint density at radius 3 is 2.76 bits per heavy atom. The van der Waals surface area contributed by atoms with Crippen molar-refractivity contribution in [2.24, 2.45) is 0 Å². The standard InChI is InChI=1S/C16H14ClN3O/c1-10-3-5-12-9-18-20(15(12)7-10)16(21)19-13-6-4-11(2)14(17)8-13/h3-9H,1-2H3,(H,19,21). The lowest BCUT2D eigenvalue weighted by Crippen LogP contribution is -2.20. The second-order valence-corrected chi connectivity index (χ2v) is 5.42. The molecule has 4 nitrogen and oxygen atoms in total. The van der Waals surface area contributed by atoms with Gasteiger partial charge in [0.1, 0.15) is 0 Å². The predicted octanol–water partition coefficient (Wildman–Crippen LogP) is 4.39. The van der Waals surface area contributed by atoms with E-state index in [0.717, 1.165) is 22.0 Å². The van der Waals surface area contributed by atoms with Gasteiger partial charge in [0.05, 0.1) is 11.7 Å². The lowest BCUT2D eigenvalue weighted by molar-refractivity contribution is 0.252. The van der Waals surface area contributed by atoms with Gasteiger partial charge in [-0.25, -0.2) is 4.79 Å². The van der Waals surface area contributed by atoms with Crippen molar-refractivity contribution in [1.29, 1.82) is 0 Å². The number of hydrogen-bond acceptors (Lipinski definition) is 2. The van der Waals surface area contributed by atoms with E-state index in [2.05, 4.69) is 10.4 Å². The Labute approximate surface area is 127 Å². The van der Waals surface area contributed by atoms with E-state index in [0.29, 0.717) is 10.7 Å². The third-order valence-corrected chi connectivity index (χ3v) is 3.75. The van der Waals surface area contributed by atoms with E-state index in [-0.39, 0.29) is 6.03 Å². The number of nitrogens with one attached hydrogen (secondary N) is 1. The number of hydrogen-bond donors (Lipinski definition) is 1. The van der Waals surface area contributed by atoms with Gasteiger partial charge in [-0.2, -0.15) is 9.78 Å². The highest BCUT2D eigenvalue weighted by Gasteiger charge is 2.11. The second-order valence-electron chi connectivity index (χ2n) is 5.01. The average Bonchev–Trinajstić information content (AvgIpc) is 2.86. The van der Waals surface area contributed by atoms with Crippen LogP contribution in [0.15, 0.2) is 42.6 Å². The zero-order valence-electron chi connectivity index (χ0n) is 11.7. The molecule has 3 aromatic rings. The third kappa shape index (κ3) is 2.62. The largest absolute Gasteiger partial charge is 0.347 e. The minimum atomic E-state index is -0.310. The van der Waals surface area contributed by atoms with Crippen LogP contribution in [0.4, 0.5) is 10.5 Å². The molecular weight excluding hydrogens is 286 g/mol. The Bertz CT molecular complexity index is 839. The molecule has 0 atom stereocenters. The molecule has 1 N–H and O–H groups in total. The van der Waals surface area contributed by atoms with Crippen LogP contribution in [0.1, 0.15) is 11.1 Å². The molecule has 1 heterocycles. The minimum absolute atomic E-state index is 0.310. The van der Waals surface area contributed by atoms with E-state index in [4.69, 9.17) is 11.6 Å². The van der Waals surface area contributed by atoms with Crippen molar-refractivity contribution in [3.05, 3.63) is 58.7 Å². The van der Waals surface area contributed by atoms with Crippen molar-refractivity contribution in [3.8, 4) is 0 Å². The first-order chi connectivity index (χ1) is 10.0. The summed E-state index contributed by atoms with van der Waals surface area (Å²) in [6.45, 7) is 3.89. The van der Waals surface area contributed by atoms with Gasteiger partial charge in [0, 0.05) is 16.1 Å². The second kappa shape index (κ2) is 5.22. The molecule has 1 aromatic heterocycles. The van der Waals surface area contributed by atoms with Crippen LogP contribution in [-0.2, 0) is 0 Å². The summed E-state index contributed by atoms with van der Waals surface area (Å²) in [6.07, 6.45) is 1.68. The van der Waals surface area contributed by atoms with Crippen molar-refractivity contribution >= 4 is 34.2 Å². The first kappa shape index (κ1) is 13.6. The highest BCUT2D eigenvalue weighted by Crippen LogP contribution is 2.21. The number of carbonyl (C=O) groups excluding carboxylic acids is 1. The van der Waals surface area contributed by atoms with Gasteiger partial charge in [-0.15, -0.1) is 0 Å². The van der Waals surface area contributed by atoms with E-state index in [9.17, 15) is 4.79 Å². The number of aryl methyl sites for hydroxylation is 2. The first-order valence-corrected chi connectivity index (χ1v) is 6.94. The van der Waals surface area contributed by atoms with Gasteiger partial charge in [0.2, 0.25) is 0 Å². The van der Waals surface area contributed by atoms with E-state index in [1.54, 1.807) is 12.3 Å². The number of benzene rings is 2. The molecule has 0 bridgehead atoms. The monoisotopic (exact) mass is 299 g/mol. The number of anilines is 1. The van der Waals surface area contributed by atoms with Crippen molar-refractivity contribution < 1.29 is 4.79 Å². The van der Waals surface area contributed by atoms with Gasteiger partial charge in [-0.1, -0.05) is 29.8 Å². The fourth-order valence-corrected chi connectivity index (χ4v) is 2.32. The number of rotatable bonds is 1. The van der Waals surface area contributed by atoms with Crippen molar-refractivity contribution in [1.82, 2.24) is 9.78 Å². The maximum Gasteiger partial charge on any atom is 0.347 e. The summed E-state index contributed by atoms with van der Waals surface area (Å²) in [5, 5.41) is 8.49. The molecule has 0 aliphatic heterocycles. The van der Waals surface area contributed by atoms with Crippen molar-refractivity contribution in [2.75, 3.05) is 5.32 Å².